The van der Waals surface area contributed by atoms with Crippen molar-refractivity contribution < 1.29 is 5.11 Å². The van der Waals surface area contributed by atoms with Gasteiger partial charge in [-0.25, -0.2) is 0 Å². The van der Waals surface area contributed by atoms with Crippen molar-refractivity contribution in [2.75, 3.05) is 0 Å². The Kier molecular flexibility index (Phi) is 2.82. The topological polar surface area (TPSA) is 20.2 Å². The highest BCUT2D eigenvalue weighted by molar-refractivity contribution is 4.85. The molecule has 1 rings (SSSR count). The third kappa shape index (κ3) is 2.22. The highest BCUT2D eigenvalue weighted by Crippen LogP contribution is 2.39. The van der Waals surface area contributed by atoms with E-state index in [1.807, 2.05) is 0 Å². The Morgan fingerprint density at radius 2 is 1.75 bits per heavy atom. The van der Waals surface area contributed by atoms with Crippen LogP contribution in [0.5, 0.6) is 0 Å². The van der Waals surface area contributed by atoms with Crippen molar-refractivity contribution in [2.45, 2.75) is 53.1 Å². The highest BCUT2D eigenvalue weighted by Gasteiger charge is 2.34. The van der Waals surface area contributed by atoms with E-state index in [4.69, 9.17) is 0 Å². The summed E-state index contributed by atoms with van der Waals surface area (Å²) in [5.41, 5.74) is 0.277. The Morgan fingerprint density at radius 1 is 1.17 bits per heavy atom. The van der Waals surface area contributed by atoms with Crippen LogP contribution < -0.4 is 0 Å². The molecule has 1 aliphatic rings. The summed E-state index contributed by atoms with van der Waals surface area (Å²) in [5, 5.41) is 9.87. The van der Waals surface area contributed by atoms with Crippen LogP contribution >= 0.6 is 0 Å². The molecule has 1 aliphatic carbocycles. The van der Waals surface area contributed by atoms with Gasteiger partial charge < -0.3 is 5.11 Å². The van der Waals surface area contributed by atoms with Crippen LogP contribution in [0.2, 0.25) is 0 Å². The van der Waals surface area contributed by atoms with Crippen molar-refractivity contribution in [2.24, 2.45) is 17.3 Å². The van der Waals surface area contributed by atoms with Gasteiger partial charge in [-0.05, 0) is 30.1 Å². The first-order valence-electron chi connectivity index (χ1n) is 5.09. The zero-order valence-electron chi connectivity index (χ0n) is 8.80. The van der Waals surface area contributed by atoms with Gasteiger partial charge >= 0.3 is 0 Å². The molecule has 1 heteroatoms. The second-order valence-electron chi connectivity index (χ2n) is 5.46. The van der Waals surface area contributed by atoms with E-state index in [2.05, 4.69) is 27.7 Å². The number of hydrogen-bond donors (Lipinski definition) is 1. The Balaban J connectivity index is 2.57. The molecule has 1 saturated carbocycles. The van der Waals surface area contributed by atoms with Gasteiger partial charge in [0.25, 0.3) is 0 Å². The van der Waals surface area contributed by atoms with E-state index in [1.165, 1.54) is 12.8 Å². The lowest BCUT2D eigenvalue weighted by atomic mass is 9.68. The lowest BCUT2D eigenvalue weighted by Crippen LogP contribution is -2.36. The van der Waals surface area contributed by atoms with E-state index < -0.39 is 0 Å². The minimum absolute atomic E-state index is 0.0613. The highest BCUT2D eigenvalue weighted by atomic mass is 16.3. The third-order valence-corrected chi connectivity index (χ3v) is 3.19. The lowest BCUT2D eigenvalue weighted by molar-refractivity contribution is -0.00549. The van der Waals surface area contributed by atoms with Gasteiger partial charge in [0.05, 0.1) is 6.10 Å². The second kappa shape index (κ2) is 3.37. The van der Waals surface area contributed by atoms with Gasteiger partial charge in [0.15, 0.2) is 0 Å². The second-order valence-corrected chi connectivity index (χ2v) is 5.46. The first-order chi connectivity index (χ1) is 5.41. The number of aliphatic hydroxyl groups is 1. The van der Waals surface area contributed by atoms with Gasteiger partial charge in [-0.1, -0.05) is 34.1 Å². The van der Waals surface area contributed by atoms with Gasteiger partial charge in [-0.15, -0.1) is 0 Å². The average Bonchev–Trinajstić information content (AvgIpc) is 1.83. The van der Waals surface area contributed by atoms with Crippen LogP contribution in [0.15, 0.2) is 0 Å². The Labute approximate surface area is 76.2 Å². The molecule has 0 amide bonds. The summed E-state index contributed by atoms with van der Waals surface area (Å²) in [5.74, 6) is 1.23. The molecule has 1 nitrogen and oxygen atoms in total. The summed E-state index contributed by atoms with van der Waals surface area (Å²) in [4.78, 5) is 0. The zero-order chi connectivity index (χ0) is 9.35. The van der Waals surface area contributed by atoms with E-state index >= 15 is 0 Å². The molecular formula is C11H22O. The van der Waals surface area contributed by atoms with Crippen molar-refractivity contribution in [1.29, 1.82) is 0 Å². The van der Waals surface area contributed by atoms with Crippen LogP contribution in [0, 0.1) is 17.3 Å². The maximum Gasteiger partial charge on any atom is 0.0575 e. The van der Waals surface area contributed by atoms with Gasteiger partial charge in [-0.3, -0.25) is 0 Å². The quantitative estimate of drug-likeness (QED) is 0.592. The fourth-order valence-electron chi connectivity index (χ4n) is 2.36. The molecule has 1 fully saturated rings. The molecule has 0 aromatic carbocycles. The third-order valence-electron chi connectivity index (χ3n) is 3.19. The first-order valence-corrected chi connectivity index (χ1v) is 5.09. The zero-order valence-corrected chi connectivity index (χ0v) is 8.80. The predicted octanol–water partition coefficient (Wildman–Crippen LogP) is 2.83. The molecule has 0 aliphatic heterocycles. The summed E-state index contributed by atoms with van der Waals surface area (Å²) >= 11 is 0. The molecule has 0 unspecified atom stereocenters. The molecule has 0 bridgehead atoms. The molecule has 12 heavy (non-hydrogen) atoms. The average molecular weight is 170 g/mol. The maximum atomic E-state index is 9.87. The fraction of sp³-hybridized carbons (Fsp3) is 1.00. The molecule has 0 heterocycles. The van der Waals surface area contributed by atoms with Crippen LogP contribution in [-0.4, -0.2) is 11.2 Å². The molecule has 0 aromatic heterocycles. The van der Waals surface area contributed by atoms with Crippen LogP contribution in [0.1, 0.15) is 47.0 Å². The number of aliphatic hydroxyl groups excluding tert-OH is 1. The molecule has 0 spiro atoms. The van der Waals surface area contributed by atoms with E-state index in [9.17, 15) is 5.11 Å². The molecule has 3 atom stereocenters. The van der Waals surface area contributed by atoms with Gasteiger partial charge in [-0.2, -0.15) is 0 Å². The Hall–Kier alpha value is -0.0400. The molecular weight excluding hydrogens is 148 g/mol. The van der Waals surface area contributed by atoms with Crippen LogP contribution in [-0.2, 0) is 0 Å². The van der Waals surface area contributed by atoms with Crippen LogP contribution in [0.4, 0.5) is 0 Å². The maximum absolute atomic E-state index is 9.87. The molecule has 0 saturated heterocycles. The van der Waals surface area contributed by atoms with Crippen molar-refractivity contribution in [3.63, 3.8) is 0 Å². The van der Waals surface area contributed by atoms with Crippen LogP contribution in [0.3, 0.4) is 0 Å². The Bertz CT molecular complexity index is 146. The minimum Gasteiger partial charge on any atom is -0.393 e. The van der Waals surface area contributed by atoms with Crippen molar-refractivity contribution >= 4 is 0 Å². The van der Waals surface area contributed by atoms with Crippen molar-refractivity contribution in [1.82, 2.24) is 0 Å². The predicted molar refractivity (Wildman–Crippen MR) is 52.0 cm³/mol. The fourth-order valence-corrected chi connectivity index (χ4v) is 2.36. The molecule has 72 valence electrons. The van der Waals surface area contributed by atoms with E-state index in [0.29, 0.717) is 5.92 Å². The summed E-state index contributed by atoms with van der Waals surface area (Å²) in [6.07, 6.45) is 3.43. The lowest BCUT2D eigenvalue weighted by Gasteiger charge is -2.39. The minimum atomic E-state index is -0.0613. The van der Waals surface area contributed by atoms with Gasteiger partial charge in [0.2, 0.25) is 0 Å². The summed E-state index contributed by atoms with van der Waals surface area (Å²) in [6, 6.07) is 0. The van der Waals surface area contributed by atoms with Crippen LogP contribution in [0.25, 0.3) is 0 Å². The molecule has 0 aromatic rings. The number of rotatable bonds is 0. The summed E-state index contributed by atoms with van der Waals surface area (Å²) < 4.78 is 0. The number of hydrogen-bond acceptors (Lipinski definition) is 1. The normalized spacial score (nSPS) is 38.2. The van der Waals surface area contributed by atoms with Crippen molar-refractivity contribution in [3.05, 3.63) is 0 Å². The summed E-state index contributed by atoms with van der Waals surface area (Å²) in [7, 11) is 0. The van der Waals surface area contributed by atoms with E-state index in [1.54, 1.807) is 0 Å². The van der Waals surface area contributed by atoms with Crippen molar-refractivity contribution in [3.8, 4) is 0 Å². The smallest absolute Gasteiger partial charge is 0.0575 e. The standard InChI is InChI=1S/C11H22O/c1-8-5-6-9(10(12)7-8)11(2,3)4/h8-10,12H,5-7H2,1-4H3/t8-,9-,10-/m1/s1. The Morgan fingerprint density at radius 3 is 2.17 bits per heavy atom. The largest absolute Gasteiger partial charge is 0.393 e. The molecule has 1 N–H and O–H groups in total. The van der Waals surface area contributed by atoms with Gasteiger partial charge in [0.1, 0.15) is 0 Å². The van der Waals surface area contributed by atoms with E-state index in [-0.39, 0.29) is 11.5 Å². The first kappa shape index (κ1) is 10.0. The summed E-state index contributed by atoms with van der Waals surface area (Å²) in [6.45, 7) is 8.94. The van der Waals surface area contributed by atoms with Gasteiger partial charge in [0, 0.05) is 0 Å². The SMILES string of the molecule is C[C@@H]1CC[C@@H](C(C)(C)C)[C@H](O)C1. The monoisotopic (exact) mass is 170 g/mol. The van der Waals surface area contributed by atoms with E-state index in [0.717, 1.165) is 12.3 Å². The molecule has 0 radical (unpaired) electrons.